The predicted octanol–water partition coefficient (Wildman–Crippen LogP) is 2.08. The van der Waals surface area contributed by atoms with E-state index < -0.39 is 21.2 Å². The van der Waals surface area contributed by atoms with Crippen LogP contribution in [0.15, 0.2) is 72.8 Å². The molecule has 0 amide bonds. The van der Waals surface area contributed by atoms with E-state index in [1.165, 1.54) is 124 Å². The molecular weight excluding hydrogens is 1750 g/mol. The Labute approximate surface area is 823 Å². The van der Waals surface area contributed by atoms with Gasteiger partial charge >= 0.3 is 517 Å². The van der Waals surface area contributed by atoms with Gasteiger partial charge in [-0.2, -0.15) is 0 Å². The Balaban J connectivity index is 0.000000265. The van der Waals surface area contributed by atoms with Crippen molar-refractivity contribution in [1.29, 1.82) is 0 Å². The molecule has 10 rings (SSSR count). The molecule has 0 radical (unpaired) electrons. The van der Waals surface area contributed by atoms with Gasteiger partial charge in [0.05, 0.1) is 0 Å². The van der Waals surface area contributed by atoms with Crippen LogP contribution in [-0.4, -0.2) is 474 Å². The first-order valence-corrected chi connectivity index (χ1v) is 53.1. The summed E-state index contributed by atoms with van der Waals surface area (Å²) in [6.45, 7) is 53.0. The largest absolute Gasteiger partial charge is 0.315 e. The zero-order valence-corrected chi connectivity index (χ0v) is 85.1. The van der Waals surface area contributed by atoms with Crippen LogP contribution in [0.5, 0.6) is 0 Å². The van der Waals surface area contributed by atoms with E-state index in [9.17, 15) is 43.3 Å². The molecular formula is C93H176B9BrN22O9. The smallest absolute Gasteiger partial charge is 0.0234 e. The van der Waals surface area contributed by atoms with Gasteiger partial charge in [0.25, 0.3) is 0 Å². The first-order valence-electron chi connectivity index (χ1n) is 52.0. The Hall–Kier alpha value is -3.48. The number of piperidine rings is 2. The van der Waals surface area contributed by atoms with Crippen molar-refractivity contribution in [3.8, 4) is 0 Å². The molecule has 3 aromatic carbocycles. The van der Waals surface area contributed by atoms with E-state index in [1.54, 1.807) is 6.82 Å². The molecule has 7 fully saturated rings. The van der Waals surface area contributed by atoms with Crippen molar-refractivity contribution in [2.75, 3.05) is 327 Å². The van der Waals surface area contributed by atoms with Crippen LogP contribution in [0.4, 0.5) is 0 Å². The summed E-state index contributed by atoms with van der Waals surface area (Å²) < 4.78 is 66.3. The third-order valence-electron chi connectivity index (χ3n) is 26.4. The van der Waals surface area contributed by atoms with Gasteiger partial charge in [-0.15, -0.1) is 0 Å². The minimum Gasteiger partial charge on any atom is -0.315 e. The summed E-state index contributed by atoms with van der Waals surface area (Å²) in [5.74, 6) is 0. The Morgan fingerprint density at radius 1 is 0.216 bits per heavy atom. The summed E-state index contributed by atoms with van der Waals surface area (Å²) in [6, 6.07) is 27.2. The van der Waals surface area contributed by atoms with Gasteiger partial charge in [-0.25, -0.2) is 0 Å². The van der Waals surface area contributed by atoms with E-state index >= 15 is 0 Å². The van der Waals surface area contributed by atoms with Gasteiger partial charge in [-0.05, 0) is 141 Å². The summed E-state index contributed by atoms with van der Waals surface area (Å²) in [4.78, 5) is 31.9. The van der Waals surface area contributed by atoms with Crippen LogP contribution < -0.4 is 42.5 Å². The summed E-state index contributed by atoms with van der Waals surface area (Å²) >= 11 is 3.50. The molecule has 7 aliphatic rings. The topological polar surface area (TPSA) is 305 Å². The molecule has 0 atom stereocenters. The van der Waals surface area contributed by atoms with E-state index in [0.29, 0.717) is 38.7 Å². The van der Waals surface area contributed by atoms with Crippen LogP contribution in [0, 0.1) is 0 Å². The average Bonchev–Trinajstić information content (AvgIpc) is 0.826. The van der Waals surface area contributed by atoms with Gasteiger partial charge in [-0.3, -0.25) is 14.7 Å². The molecule has 7 aliphatic heterocycles. The van der Waals surface area contributed by atoms with Crippen LogP contribution >= 0.6 is 15.9 Å². The quantitative estimate of drug-likeness (QED) is 0.0405. The minimum atomic E-state index is -0.495. The molecule has 7 saturated heterocycles. The third-order valence-corrected chi connectivity index (χ3v) is 27.0. The Bertz CT molecular complexity index is 3300. The summed E-state index contributed by atoms with van der Waals surface area (Å²) in [5, 5.41) is 59.1. The second kappa shape index (κ2) is 80.0. The van der Waals surface area contributed by atoms with Gasteiger partial charge in [0.1, 0.15) is 0 Å². The van der Waals surface area contributed by atoms with Crippen LogP contribution in [0.25, 0.3) is 0 Å². The van der Waals surface area contributed by atoms with Crippen molar-refractivity contribution >= 4 is 80.0 Å². The Kier molecular flexibility index (Phi) is 71.2. The molecule has 0 saturated carbocycles. The fourth-order valence-corrected chi connectivity index (χ4v) is 18.6. The maximum absolute atomic E-state index is 11.3. The maximum Gasteiger partial charge on any atom is 0.0234 e. The summed E-state index contributed by atoms with van der Waals surface area (Å²) in [7, 11) is 4.29. The zero-order valence-electron chi connectivity index (χ0n) is 83.5. The molecule has 0 spiro atoms. The number of alkyl halides is 1. The predicted molar refractivity (Wildman–Crippen MR) is 559 cm³/mol. The monoisotopic (exact) mass is 1920 g/mol. The van der Waals surface area contributed by atoms with E-state index in [1.807, 2.05) is 13.6 Å². The third kappa shape index (κ3) is 58.8. The number of likely N-dealkylation sites (tertiary alicyclic amines) is 2. The molecule has 3 aromatic rings. The Morgan fingerprint density at radius 2 is 0.410 bits per heavy atom. The van der Waals surface area contributed by atoms with Gasteiger partial charge < -0.3 is 37.2 Å². The zero-order chi connectivity index (χ0) is 95.6. The fraction of sp³-hybridized carbons (Fsp3) is 0.806. The molecule has 41 heteroatoms. The number of benzene rings is 3. The molecule has 7 heterocycles. The van der Waals surface area contributed by atoms with Crippen molar-refractivity contribution in [1.82, 2.24) is 111 Å². The normalized spacial score (nSPS) is 21.2. The number of hydrogen-bond acceptors (Lipinski definition) is 31. The second-order valence-electron chi connectivity index (χ2n) is 37.4. The number of rotatable bonds is 26. The molecule has 11 N–H and O–H groups in total. The first-order chi connectivity index (χ1) is 65.7. The summed E-state index contributed by atoms with van der Waals surface area (Å²) in [6.07, 6.45) is 21.2. The van der Waals surface area contributed by atoms with Gasteiger partial charge in [-0.1, -0.05) is 53.0 Å². The minimum absolute atomic E-state index is 0.408. The molecule has 746 valence electrons. The van der Waals surface area contributed by atoms with Crippen molar-refractivity contribution in [3.05, 3.63) is 106 Å². The van der Waals surface area contributed by atoms with E-state index in [2.05, 4.69) is 200 Å². The van der Waals surface area contributed by atoms with Crippen LogP contribution in [-0.2, 0) is 66.3 Å². The van der Waals surface area contributed by atoms with Crippen LogP contribution in [0.2, 0.25) is 20.5 Å². The van der Waals surface area contributed by atoms with Crippen molar-refractivity contribution in [3.63, 3.8) is 0 Å². The molecule has 0 aliphatic carbocycles. The SMILES string of the molecule is C1CNCCNCCCNCCNC1.CB(O)N1CCCN(CB=O)CCN(CB=O)CCCN(Cc2ccc(CBr)cc2)CC1.CB(O)N1CCCN(CB=O)CCN(CB=O)CCCN(Cc2ccc(CN3CCCCC3)cc2)CC1.CB(O)N1CCCN(CB=O)CCN(CB=O)CCCNCC1.c1cc(CN2CCCNCCNCCCNCC2)ccc1CN1CCCCC1. The van der Waals surface area contributed by atoms with Crippen molar-refractivity contribution < 1.29 is 43.3 Å². The number of nitrogens with zero attached hydrogens (tertiary/aromatic N) is 14. The van der Waals surface area contributed by atoms with Crippen LogP contribution in [0.1, 0.15) is 136 Å². The second-order valence-corrected chi connectivity index (χ2v) is 38.0. The number of nitrogens with one attached hydrogen (secondary N) is 8. The maximum atomic E-state index is 11.3. The number of halogens is 1. The van der Waals surface area contributed by atoms with Crippen LogP contribution in [0.3, 0.4) is 0 Å². The molecule has 0 aromatic heterocycles. The van der Waals surface area contributed by atoms with Crippen molar-refractivity contribution in [2.24, 2.45) is 0 Å². The van der Waals surface area contributed by atoms with E-state index in [0.717, 1.165) is 381 Å². The molecule has 134 heavy (non-hydrogen) atoms. The van der Waals surface area contributed by atoms with Gasteiger partial charge in [0.2, 0.25) is 0 Å². The molecule has 0 bridgehead atoms. The Morgan fingerprint density at radius 3 is 0.679 bits per heavy atom. The average molecular weight is 1920 g/mol. The van der Waals surface area contributed by atoms with Gasteiger partial charge in [0, 0.05) is 65.4 Å². The molecule has 0 unspecified atom stereocenters. The summed E-state index contributed by atoms with van der Waals surface area (Å²) in [5.41, 5.74) is 8.17. The van der Waals surface area contributed by atoms with Gasteiger partial charge in [0.15, 0.2) is 0 Å². The van der Waals surface area contributed by atoms with Crippen molar-refractivity contribution in [2.45, 2.75) is 161 Å². The first kappa shape index (κ1) is 119. The number of hydrogen-bond donors (Lipinski definition) is 11. The fourth-order valence-electron chi connectivity index (χ4n) is 18.2. The van der Waals surface area contributed by atoms with E-state index in [-0.39, 0.29) is 0 Å². The molecule has 31 nitrogen and oxygen atoms in total. The standard InChI is InChI=1S/C26H46B3N5O3.C23H41N5.C21H36B3BrN4O3.C13H29B3N4O3.C10H24N4/c1-29(37)34-16-6-15-33(24-28-36)18-17-32(23-27-35)14-5-13-31(19-20-34)22-26-9-7-25(8-10-26)21-30-11-3-2-4-12-30;1-2-16-27(17-3-1)20-22-6-8-23(9-7-22)21-28-18-5-12-25-14-13-24-10-4-11-26-15-19-28;1-24(32)29-11-3-10-28(19-23-31)13-12-27(18-22-30)9-2-8-26(14-15-29)17-21-6-4-20(16-25)5-7-21;1-16(23)20-8-3-7-19(13-15-22)11-10-18(12-14-21)6-2-4-17-5-9-20;1-3-11-7-9-13-5-2-6-14-10-8-12-4-1/h7-10,37H,2-6,11-24H2,1H3;6-9,24-26H,1-5,10-21H2;4-7,32H,2-3,8-19H2,1H3;17,23H,2-13H2,1H3;11-14H,1-10H2. The van der Waals surface area contributed by atoms with E-state index in [4.69, 9.17) is 0 Å².